The molecule has 0 radical (unpaired) electrons. The summed E-state index contributed by atoms with van der Waals surface area (Å²) in [7, 11) is -1.45. The highest BCUT2D eigenvalue weighted by Gasteiger charge is 2.56. The molecule has 2 aromatic carbocycles. The van der Waals surface area contributed by atoms with Crippen molar-refractivity contribution in [1.82, 2.24) is 34.1 Å². The standard InChI is InChI=1S/C39H42ClFN8O4Si/c1-22-8-5-10-25(32(22)40)31-23(9-6-12-42)16-26-34(33(31)41)45-37(48-21-43-20-44-48)27-18-29(28-11-7-13-46(28)39(52)53-14-15-54(2,3)4)49(36(26)27)35-24-17-30(35)47(19-24)38(50)51/h5,8,10,16,18,20-21,24,28,30,35H,6-7,9,11,13-15,17,19H2,1-4H3,(H,50,51)/t24?,28-,30?,35?/m1/s1. The Morgan fingerprint density at radius 1 is 1.19 bits per heavy atom. The van der Waals surface area contributed by atoms with Gasteiger partial charge in [-0.25, -0.2) is 28.6 Å². The van der Waals surface area contributed by atoms with Gasteiger partial charge in [-0.3, -0.25) is 4.90 Å². The topological polar surface area (TPSA) is 142 Å². The van der Waals surface area contributed by atoms with E-state index in [-0.39, 0.29) is 54.1 Å². The summed E-state index contributed by atoms with van der Waals surface area (Å²) >= 11 is 6.83. The van der Waals surface area contributed by atoms with Gasteiger partial charge in [0.05, 0.1) is 41.3 Å². The number of pyridine rings is 1. The number of ether oxygens (including phenoxy) is 1. The highest BCUT2D eigenvalue weighted by Crippen LogP contribution is 2.54. The first-order valence-electron chi connectivity index (χ1n) is 18.5. The molecule has 5 aromatic rings. The number of hydrogen-bond acceptors (Lipinski definition) is 7. The van der Waals surface area contributed by atoms with Gasteiger partial charge in [-0.1, -0.05) is 49.4 Å². The van der Waals surface area contributed by atoms with Gasteiger partial charge in [0.1, 0.15) is 18.2 Å². The van der Waals surface area contributed by atoms with Crippen molar-refractivity contribution in [3.8, 4) is 23.0 Å². The second-order valence-electron chi connectivity index (χ2n) is 16.0. The number of nitriles is 1. The molecule has 15 heteroatoms. The minimum Gasteiger partial charge on any atom is -0.465 e. The summed E-state index contributed by atoms with van der Waals surface area (Å²) in [5.74, 6) is -0.211. The Labute approximate surface area is 318 Å². The van der Waals surface area contributed by atoms with Crippen LogP contribution in [0.2, 0.25) is 30.7 Å². The maximum absolute atomic E-state index is 17.5. The number of rotatable bonds is 9. The number of fused-ring (bicyclic) bond motifs is 4. The first-order valence-corrected chi connectivity index (χ1v) is 22.6. The minimum absolute atomic E-state index is 0.0188. The Hall–Kier alpha value is -5.00. The molecule has 2 amide bonds. The van der Waals surface area contributed by atoms with E-state index in [0.29, 0.717) is 70.8 Å². The molecule has 4 fully saturated rings. The van der Waals surface area contributed by atoms with Crippen LogP contribution in [0.4, 0.5) is 14.0 Å². The summed E-state index contributed by atoms with van der Waals surface area (Å²) in [6.07, 6.45) is 4.11. The van der Waals surface area contributed by atoms with Gasteiger partial charge in [0, 0.05) is 61.1 Å². The van der Waals surface area contributed by atoms with Crippen LogP contribution in [0.25, 0.3) is 38.8 Å². The van der Waals surface area contributed by atoms with E-state index in [1.54, 1.807) is 11.0 Å². The average Bonchev–Trinajstić information content (AvgIpc) is 3.96. The van der Waals surface area contributed by atoms with E-state index in [1.807, 2.05) is 31.2 Å². The van der Waals surface area contributed by atoms with Crippen LogP contribution in [-0.4, -0.2) is 85.2 Å². The third-order valence-electron chi connectivity index (χ3n) is 11.4. The molecule has 6 heterocycles. The number of carbonyl (C=O) groups excluding carboxylic acids is 1. The van der Waals surface area contributed by atoms with Gasteiger partial charge in [-0.15, -0.1) is 0 Å². The number of carboxylic acid groups (broad SMARTS) is 1. The summed E-state index contributed by atoms with van der Waals surface area (Å²) in [5.41, 5.74) is 3.76. The van der Waals surface area contributed by atoms with Crippen LogP contribution >= 0.6 is 11.6 Å². The maximum atomic E-state index is 17.5. The van der Waals surface area contributed by atoms with Gasteiger partial charge in [-0.2, -0.15) is 10.4 Å². The molecule has 2 bridgehead atoms. The van der Waals surface area contributed by atoms with Crippen molar-refractivity contribution < 1.29 is 23.8 Å². The minimum atomic E-state index is -1.45. The molecule has 0 spiro atoms. The van der Waals surface area contributed by atoms with Crippen LogP contribution in [0.5, 0.6) is 0 Å². The zero-order valence-electron chi connectivity index (χ0n) is 30.7. The lowest BCUT2D eigenvalue weighted by atomic mass is 9.79. The number of aryl methyl sites for hydroxylation is 2. The van der Waals surface area contributed by atoms with E-state index in [9.17, 15) is 20.0 Å². The van der Waals surface area contributed by atoms with Crippen LogP contribution in [0.3, 0.4) is 0 Å². The number of halogens is 2. The summed E-state index contributed by atoms with van der Waals surface area (Å²) in [4.78, 5) is 38.6. The van der Waals surface area contributed by atoms with Gasteiger partial charge < -0.3 is 19.3 Å². The largest absolute Gasteiger partial charge is 0.465 e. The molecule has 4 aliphatic rings. The van der Waals surface area contributed by atoms with E-state index in [1.165, 1.54) is 22.2 Å². The van der Waals surface area contributed by atoms with E-state index < -0.39 is 20.0 Å². The molecule has 3 aliphatic heterocycles. The van der Waals surface area contributed by atoms with Crippen molar-refractivity contribution in [2.45, 2.75) is 82.8 Å². The Balaban J connectivity index is 1.41. The molecule has 3 unspecified atom stereocenters. The Bertz CT molecular complexity index is 2350. The third kappa shape index (κ3) is 5.98. The van der Waals surface area contributed by atoms with Gasteiger partial charge in [0.2, 0.25) is 0 Å². The molecule has 1 saturated carbocycles. The van der Waals surface area contributed by atoms with Crippen LogP contribution < -0.4 is 0 Å². The Kier molecular flexibility index (Phi) is 9.13. The highest BCUT2D eigenvalue weighted by atomic mass is 35.5. The number of aromatic nitrogens is 5. The predicted octanol–water partition coefficient (Wildman–Crippen LogP) is 8.53. The van der Waals surface area contributed by atoms with Gasteiger partial charge in [-0.05, 0) is 61.9 Å². The zero-order valence-corrected chi connectivity index (χ0v) is 32.5. The van der Waals surface area contributed by atoms with Crippen LogP contribution in [-0.2, 0) is 11.2 Å². The number of hydrogen-bond donors (Lipinski definition) is 1. The van der Waals surface area contributed by atoms with Gasteiger partial charge >= 0.3 is 12.2 Å². The normalized spacial score (nSPS) is 20.8. The van der Waals surface area contributed by atoms with E-state index in [0.717, 1.165) is 23.7 Å². The highest BCUT2D eigenvalue weighted by molar-refractivity contribution is 6.76. The van der Waals surface area contributed by atoms with Crippen LogP contribution in [0.1, 0.15) is 54.6 Å². The average molecular weight is 769 g/mol. The number of carbonyl (C=O) groups is 2. The lowest BCUT2D eigenvalue weighted by Gasteiger charge is -2.40. The van der Waals surface area contributed by atoms with Crippen molar-refractivity contribution in [3.05, 3.63) is 70.6 Å². The molecular formula is C39H42ClFN8O4Si. The molecule has 1 aliphatic carbocycles. The van der Waals surface area contributed by atoms with Crippen molar-refractivity contribution >= 4 is 53.7 Å². The summed E-state index contributed by atoms with van der Waals surface area (Å²) in [6, 6.07) is 11.5. The smallest absolute Gasteiger partial charge is 0.410 e. The van der Waals surface area contributed by atoms with Crippen molar-refractivity contribution in [2.75, 3.05) is 19.7 Å². The lowest BCUT2D eigenvalue weighted by Crippen LogP contribution is -2.43. The number of likely N-dealkylation sites (tertiary alicyclic amines) is 1. The number of amides is 2. The molecule has 1 N–H and O–H groups in total. The van der Waals surface area contributed by atoms with Gasteiger partial charge in [0.15, 0.2) is 11.6 Å². The van der Waals surface area contributed by atoms with Crippen molar-refractivity contribution in [2.24, 2.45) is 5.92 Å². The zero-order chi connectivity index (χ0) is 38.1. The molecular weight excluding hydrogens is 727 g/mol. The predicted molar refractivity (Wildman–Crippen MR) is 205 cm³/mol. The second-order valence-corrected chi connectivity index (χ2v) is 22.0. The molecule has 3 saturated heterocycles. The van der Waals surface area contributed by atoms with E-state index in [2.05, 4.69) is 40.4 Å². The van der Waals surface area contributed by atoms with E-state index >= 15 is 4.39 Å². The SMILES string of the molecule is Cc1cccc(-c2c(CCC#N)cc3c(nc(-n4cncn4)c4cc([C@H]5CCCN5C(=O)OCC[Si](C)(C)C)n(C5C6CC5N(C(=O)O)C6)c43)c2F)c1Cl. The molecule has 54 heavy (non-hydrogen) atoms. The fourth-order valence-corrected chi connectivity index (χ4v) is 9.68. The summed E-state index contributed by atoms with van der Waals surface area (Å²) in [6.45, 7) is 9.83. The Morgan fingerprint density at radius 2 is 2.00 bits per heavy atom. The quantitative estimate of drug-likeness (QED) is 0.147. The lowest BCUT2D eigenvalue weighted by molar-refractivity contribution is 0.0985. The molecule has 9 rings (SSSR count). The third-order valence-corrected chi connectivity index (χ3v) is 13.6. The van der Waals surface area contributed by atoms with E-state index in [4.69, 9.17) is 21.3 Å². The fourth-order valence-electron chi connectivity index (χ4n) is 8.74. The molecule has 280 valence electrons. The van der Waals surface area contributed by atoms with Crippen molar-refractivity contribution in [3.63, 3.8) is 0 Å². The second kappa shape index (κ2) is 13.7. The molecule has 4 atom stereocenters. The first-order chi connectivity index (χ1) is 25.9. The maximum Gasteiger partial charge on any atom is 0.410 e. The van der Waals surface area contributed by atoms with Gasteiger partial charge in [0.25, 0.3) is 0 Å². The fraction of sp³-hybridized carbons (Fsp3) is 0.436. The number of benzene rings is 2. The summed E-state index contributed by atoms with van der Waals surface area (Å²) < 4.78 is 27.1. The van der Waals surface area contributed by atoms with Crippen LogP contribution in [0, 0.1) is 30.0 Å². The first kappa shape index (κ1) is 36.0. The molecule has 12 nitrogen and oxygen atoms in total. The number of nitrogens with zero attached hydrogens (tertiary/aromatic N) is 8. The Morgan fingerprint density at radius 3 is 2.70 bits per heavy atom. The van der Waals surface area contributed by atoms with Crippen molar-refractivity contribution in [1.29, 1.82) is 5.26 Å². The molecule has 3 aromatic heterocycles. The summed E-state index contributed by atoms with van der Waals surface area (Å²) in [5, 5.41) is 25.9. The monoisotopic (exact) mass is 768 g/mol. The van der Waals surface area contributed by atoms with Crippen LogP contribution in [0.15, 0.2) is 43.0 Å².